The molecule has 3 rings (SSSR count). The molecule has 1 aliphatic carbocycles. The third-order valence-corrected chi connectivity index (χ3v) is 4.16. The minimum atomic E-state index is 0.877. The van der Waals surface area contributed by atoms with Crippen molar-refractivity contribution in [1.82, 2.24) is 10.2 Å². The monoisotopic (exact) mass is 244 g/mol. The summed E-state index contributed by atoms with van der Waals surface area (Å²) in [5.41, 5.74) is 2.96. The molecule has 1 aromatic rings. The van der Waals surface area contributed by atoms with Gasteiger partial charge in [0.15, 0.2) is 0 Å². The van der Waals surface area contributed by atoms with Crippen molar-refractivity contribution in [2.75, 3.05) is 26.2 Å². The van der Waals surface area contributed by atoms with Crippen LogP contribution in [0.15, 0.2) is 24.3 Å². The van der Waals surface area contributed by atoms with Gasteiger partial charge >= 0.3 is 0 Å². The van der Waals surface area contributed by atoms with Gasteiger partial charge in [-0.2, -0.15) is 0 Å². The molecule has 2 fully saturated rings. The highest BCUT2D eigenvalue weighted by molar-refractivity contribution is 5.27. The van der Waals surface area contributed by atoms with E-state index < -0.39 is 0 Å². The molecule has 1 N–H and O–H groups in total. The Morgan fingerprint density at radius 2 is 1.78 bits per heavy atom. The molecule has 1 saturated carbocycles. The predicted octanol–water partition coefficient (Wildman–Crippen LogP) is 2.75. The van der Waals surface area contributed by atoms with Gasteiger partial charge in [0, 0.05) is 19.6 Å². The second-order valence-electron chi connectivity index (χ2n) is 5.74. The first-order valence-electron chi connectivity index (χ1n) is 7.44. The van der Waals surface area contributed by atoms with E-state index in [1.165, 1.54) is 56.4 Å². The normalized spacial score (nSPS) is 20.4. The molecule has 0 atom stereocenters. The van der Waals surface area contributed by atoms with Crippen molar-refractivity contribution in [2.24, 2.45) is 0 Å². The van der Waals surface area contributed by atoms with Crippen LogP contribution in [0.4, 0.5) is 0 Å². The second kappa shape index (κ2) is 5.85. The molecule has 2 aliphatic rings. The van der Waals surface area contributed by atoms with Gasteiger partial charge in [0.05, 0.1) is 0 Å². The SMILES string of the molecule is c1cc(C2CC2)ccc1CNCCN1CCCC1. The van der Waals surface area contributed by atoms with Gasteiger partial charge in [0.25, 0.3) is 0 Å². The third kappa shape index (κ3) is 3.33. The molecule has 1 saturated heterocycles. The molecular weight excluding hydrogens is 220 g/mol. The quantitative estimate of drug-likeness (QED) is 0.774. The summed E-state index contributed by atoms with van der Waals surface area (Å²) in [6, 6.07) is 9.21. The van der Waals surface area contributed by atoms with Crippen LogP contribution in [0.2, 0.25) is 0 Å². The van der Waals surface area contributed by atoms with Crippen molar-refractivity contribution in [3.05, 3.63) is 35.4 Å². The number of benzene rings is 1. The molecule has 1 heterocycles. The first-order valence-corrected chi connectivity index (χ1v) is 7.44. The zero-order valence-corrected chi connectivity index (χ0v) is 11.2. The van der Waals surface area contributed by atoms with Crippen molar-refractivity contribution < 1.29 is 0 Å². The van der Waals surface area contributed by atoms with Gasteiger partial charge in [-0.3, -0.25) is 0 Å². The number of hydrogen-bond acceptors (Lipinski definition) is 2. The molecule has 0 radical (unpaired) electrons. The maximum Gasteiger partial charge on any atom is 0.0206 e. The van der Waals surface area contributed by atoms with Gasteiger partial charge in [-0.15, -0.1) is 0 Å². The Balaban J connectivity index is 1.36. The van der Waals surface area contributed by atoms with E-state index in [1.54, 1.807) is 0 Å². The van der Waals surface area contributed by atoms with E-state index in [2.05, 4.69) is 34.5 Å². The molecule has 0 amide bonds. The van der Waals surface area contributed by atoms with Crippen LogP contribution in [0.5, 0.6) is 0 Å². The van der Waals surface area contributed by atoms with Crippen LogP contribution in [0.1, 0.15) is 42.7 Å². The molecule has 98 valence electrons. The highest BCUT2D eigenvalue weighted by Crippen LogP contribution is 2.39. The highest BCUT2D eigenvalue weighted by Gasteiger charge is 2.22. The van der Waals surface area contributed by atoms with Crippen LogP contribution in [0.3, 0.4) is 0 Å². The molecule has 2 heteroatoms. The number of nitrogens with one attached hydrogen (secondary N) is 1. The lowest BCUT2D eigenvalue weighted by Gasteiger charge is -2.14. The Morgan fingerprint density at radius 3 is 2.44 bits per heavy atom. The third-order valence-electron chi connectivity index (χ3n) is 4.16. The molecule has 0 spiro atoms. The topological polar surface area (TPSA) is 15.3 Å². The average molecular weight is 244 g/mol. The summed E-state index contributed by atoms with van der Waals surface area (Å²) in [6.45, 7) is 5.94. The van der Waals surface area contributed by atoms with E-state index in [1.807, 2.05) is 0 Å². The molecule has 1 aromatic carbocycles. The average Bonchev–Trinajstić information content (AvgIpc) is 3.13. The standard InChI is InChI=1S/C16H24N2/c1-2-11-18(10-1)12-9-17-13-14-3-5-15(6-4-14)16-7-8-16/h3-6,16-17H,1-2,7-13H2. The van der Waals surface area contributed by atoms with Crippen LogP contribution in [-0.4, -0.2) is 31.1 Å². The largest absolute Gasteiger partial charge is 0.311 e. The van der Waals surface area contributed by atoms with Gasteiger partial charge in [0.2, 0.25) is 0 Å². The van der Waals surface area contributed by atoms with E-state index in [9.17, 15) is 0 Å². The lowest BCUT2D eigenvalue weighted by Crippen LogP contribution is -2.29. The van der Waals surface area contributed by atoms with E-state index in [0.717, 1.165) is 19.0 Å². The maximum absolute atomic E-state index is 3.55. The molecule has 0 unspecified atom stereocenters. The molecule has 1 aliphatic heterocycles. The Morgan fingerprint density at radius 1 is 1.06 bits per heavy atom. The van der Waals surface area contributed by atoms with Gasteiger partial charge in [0.1, 0.15) is 0 Å². The zero-order chi connectivity index (χ0) is 12.2. The van der Waals surface area contributed by atoms with Crippen LogP contribution < -0.4 is 5.32 Å². The van der Waals surface area contributed by atoms with Gasteiger partial charge in [-0.05, 0) is 55.8 Å². The summed E-state index contributed by atoms with van der Waals surface area (Å²) in [7, 11) is 0. The minimum Gasteiger partial charge on any atom is -0.311 e. The van der Waals surface area contributed by atoms with Crippen molar-refractivity contribution >= 4 is 0 Å². The minimum absolute atomic E-state index is 0.877. The zero-order valence-electron chi connectivity index (χ0n) is 11.2. The highest BCUT2D eigenvalue weighted by atomic mass is 15.1. The van der Waals surface area contributed by atoms with Gasteiger partial charge in [-0.1, -0.05) is 24.3 Å². The Bertz CT molecular complexity index is 361. The summed E-state index contributed by atoms with van der Waals surface area (Å²) in [4.78, 5) is 2.56. The lowest BCUT2D eigenvalue weighted by atomic mass is 10.1. The first kappa shape index (κ1) is 12.2. The molecule has 0 bridgehead atoms. The summed E-state index contributed by atoms with van der Waals surface area (Å²) >= 11 is 0. The van der Waals surface area contributed by atoms with E-state index in [0.29, 0.717) is 0 Å². The van der Waals surface area contributed by atoms with Gasteiger partial charge in [-0.25, -0.2) is 0 Å². The van der Waals surface area contributed by atoms with Gasteiger partial charge < -0.3 is 10.2 Å². The first-order chi connectivity index (χ1) is 8.92. The van der Waals surface area contributed by atoms with Crippen LogP contribution in [0, 0.1) is 0 Å². The number of rotatable bonds is 6. The lowest BCUT2D eigenvalue weighted by molar-refractivity contribution is 0.335. The summed E-state index contributed by atoms with van der Waals surface area (Å²) in [5, 5.41) is 3.55. The smallest absolute Gasteiger partial charge is 0.0206 e. The fourth-order valence-electron chi connectivity index (χ4n) is 2.80. The van der Waals surface area contributed by atoms with E-state index >= 15 is 0 Å². The maximum atomic E-state index is 3.55. The van der Waals surface area contributed by atoms with Crippen LogP contribution >= 0.6 is 0 Å². The summed E-state index contributed by atoms with van der Waals surface area (Å²) in [5.74, 6) is 0.877. The number of hydrogen-bond donors (Lipinski definition) is 1. The molecule has 2 nitrogen and oxygen atoms in total. The number of likely N-dealkylation sites (tertiary alicyclic amines) is 1. The second-order valence-corrected chi connectivity index (χ2v) is 5.74. The van der Waals surface area contributed by atoms with Crippen LogP contribution in [-0.2, 0) is 6.54 Å². The Labute approximate surface area is 110 Å². The van der Waals surface area contributed by atoms with E-state index in [-0.39, 0.29) is 0 Å². The van der Waals surface area contributed by atoms with E-state index in [4.69, 9.17) is 0 Å². The van der Waals surface area contributed by atoms with Crippen LogP contribution in [0.25, 0.3) is 0 Å². The molecule has 18 heavy (non-hydrogen) atoms. The van der Waals surface area contributed by atoms with Crippen molar-refractivity contribution in [3.8, 4) is 0 Å². The fraction of sp³-hybridized carbons (Fsp3) is 0.625. The van der Waals surface area contributed by atoms with Crippen molar-refractivity contribution in [1.29, 1.82) is 0 Å². The Hall–Kier alpha value is -0.860. The summed E-state index contributed by atoms with van der Waals surface area (Å²) in [6.07, 6.45) is 5.58. The molecule has 0 aromatic heterocycles. The fourth-order valence-corrected chi connectivity index (χ4v) is 2.80. The van der Waals surface area contributed by atoms with Crippen molar-refractivity contribution in [3.63, 3.8) is 0 Å². The molecular formula is C16H24N2. The summed E-state index contributed by atoms with van der Waals surface area (Å²) < 4.78 is 0. The Kier molecular flexibility index (Phi) is 3.96. The predicted molar refractivity (Wildman–Crippen MR) is 75.8 cm³/mol. The number of nitrogens with zero attached hydrogens (tertiary/aromatic N) is 1. The van der Waals surface area contributed by atoms with Crippen molar-refractivity contribution in [2.45, 2.75) is 38.1 Å².